The molecule has 0 saturated carbocycles. The lowest BCUT2D eigenvalue weighted by Crippen LogP contribution is -2.24. The standard InChI is InChI=1S/C11H20N6O/c1-7(2)8-4-5-17(6-8)10-13-9(16-12)14-11(15-10)18-3/h7-8H,4-6,12H2,1-3H3,(H,13,14,15,16). The molecule has 3 N–H and O–H groups in total. The number of hydrogen-bond donors (Lipinski definition) is 2. The summed E-state index contributed by atoms with van der Waals surface area (Å²) in [7, 11) is 1.53. The predicted molar refractivity (Wildman–Crippen MR) is 69.3 cm³/mol. The van der Waals surface area contributed by atoms with Gasteiger partial charge in [0.1, 0.15) is 0 Å². The SMILES string of the molecule is COc1nc(NN)nc(N2CCC(C(C)C)C2)n1. The van der Waals surface area contributed by atoms with Crippen molar-refractivity contribution in [2.24, 2.45) is 17.7 Å². The first-order valence-electron chi connectivity index (χ1n) is 6.15. The van der Waals surface area contributed by atoms with Gasteiger partial charge in [-0.25, -0.2) is 5.84 Å². The second-order valence-electron chi connectivity index (χ2n) is 4.83. The Balaban J connectivity index is 2.18. The Morgan fingerprint density at radius 2 is 2.17 bits per heavy atom. The fraction of sp³-hybridized carbons (Fsp3) is 0.727. The molecule has 0 radical (unpaired) electrons. The Morgan fingerprint density at radius 1 is 1.39 bits per heavy atom. The Bertz CT molecular complexity index is 388. The van der Waals surface area contributed by atoms with E-state index in [1.165, 1.54) is 7.11 Å². The van der Waals surface area contributed by atoms with Crippen LogP contribution in [0.25, 0.3) is 0 Å². The van der Waals surface area contributed by atoms with Gasteiger partial charge in [-0.15, -0.1) is 0 Å². The van der Waals surface area contributed by atoms with E-state index in [4.69, 9.17) is 10.6 Å². The average molecular weight is 252 g/mol. The van der Waals surface area contributed by atoms with Crippen LogP contribution in [-0.2, 0) is 0 Å². The molecule has 1 fully saturated rings. The highest BCUT2D eigenvalue weighted by Crippen LogP contribution is 2.27. The minimum absolute atomic E-state index is 0.279. The van der Waals surface area contributed by atoms with Crippen molar-refractivity contribution in [2.75, 3.05) is 30.5 Å². The summed E-state index contributed by atoms with van der Waals surface area (Å²) in [6.45, 7) is 6.42. The van der Waals surface area contributed by atoms with Gasteiger partial charge in [-0.3, -0.25) is 5.43 Å². The van der Waals surface area contributed by atoms with E-state index in [2.05, 4.69) is 39.1 Å². The number of anilines is 2. The maximum Gasteiger partial charge on any atom is 0.322 e. The van der Waals surface area contributed by atoms with Crippen LogP contribution in [0.15, 0.2) is 0 Å². The van der Waals surface area contributed by atoms with Crippen LogP contribution in [0.3, 0.4) is 0 Å². The number of hydrogen-bond acceptors (Lipinski definition) is 7. The topological polar surface area (TPSA) is 89.2 Å². The van der Waals surface area contributed by atoms with Gasteiger partial charge < -0.3 is 9.64 Å². The first-order valence-corrected chi connectivity index (χ1v) is 6.15. The lowest BCUT2D eigenvalue weighted by molar-refractivity contribution is 0.378. The summed E-state index contributed by atoms with van der Waals surface area (Å²) in [6, 6.07) is 0.279. The number of nitrogen functional groups attached to an aromatic ring is 1. The minimum atomic E-state index is 0.279. The lowest BCUT2D eigenvalue weighted by Gasteiger charge is -2.18. The summed E-state index contributed by atoms with van der Waals surface area (Å²) in [5.74, 6) is 7.64. The number of rotatable bonds is 4. The number of methoxy groups -OCH3 is 1. The second kappa shape index (κ2) is 5.34. The molecule has 7 nitrogen and oxygen atoms in total. The molecule has 0 amide bonds. The van der Waals surface area contributed by atoms with Crippen LogP contribution >= 0.6 is 0 Å². The molecular weight excluding hydrogens is 232 g/mol. The molecule has 1 unspecified atom stereocenters. The predicted octanol–water partition coefficient (Wildman–Crippen LogP) is 0.648. The van der Waals surface area contributed by atoms with Crippen LogP contribution in [0.2, 0.25) is 0 Å². The molecule has 1 aliphatic heterocycles. The molecule has 0 bridgehead atoms. The third-order valence-electron chi connectivity index (χ3n) is 3.37. The van der Waals surface area contributed by atoms with E-state index in [1.807, 2.05) is 0 Å². The molecule has 0 spiro atoms. The van der Waals surface area contributed by atoms with E-state index in [-0.39, 0.29) is 6.01 Å². The molecule has 1 atom stereocenters. The van der Waals surface area contributed by atoms with Crippen molar-refractivity contribution >= 4 is 11.9 Å². The van der Waals surface area contributed by atoms with Crippen LogP contribution in [0.1, 0.15) is 20.3 Å². The van der Waals surface area contributed by atoms with Gasteiger partial charge in [0.15, 0.2) is 0 Å². The van der Waals surface area contributed by atoms with Crippen LogP contribution in [0.5, 0.6) is 6.01 Å². The van der Waals surface area contributed by atoms with E-state index < -0.39 is 0 Å². The molecule has 0 aromatic carbocycles. The summed E-state index contributed by atoms with van der Waals surface area (Å²) < 4.78 is 5.05. The monoisotopic (exact) mass is 252 g/mol. The maximum absolute atomic E-state index is 5.34. The van der Waals surface area contributed by atoms with Gasteiger partial charge in [0.2, 0.25) is 11.9 Å². The largest absolute Gasteiger partial charge is 0.467 e. The smallest absolute Gasteiger partial charge is 0.322 e. The molecule has 100 valence electrons. The number of hydrazine groups is 1. The van der Waals surface area contributed by atoms with Gasteiger partial charge in [-0.2, -0.15) is 15.0 Å². The number of nitrogens with zero attached hydrogens (tertiary/aromatic N) is 4. The second-order valence-corrected chi connectivity index (χ2v) is 4.83. The fourth-order valence-electron chi connectivity index (χ4n) is 2.16. The quantitative estimate of drug-likeness (QED) is 0.600. The van der Waals surface area contributed by atoms with E-state index in [0.29, 0.717) is 23.7 Å². The normalized spacial score (nSPS) is 19.4. The van der Waals surface area contributed by atoms with Crippen LogP contribution in [0.4, 0.5) is 11.9 Å². The molecule has 2 rings (SSSR count). The number of aromatic nitrogens is 3. The third-order valence-corrected chi connectivity index (χ3v) is 3.37. The third kappa shape index (κ3) is 2.61. The van der Waals surface area contributed by atoms with Crippen LogP contribution in [0, 0.1) is 11.8 Å². The number of nitrogens with two attached hydrogens (primary N) is 1. The van der Waals surface area contributed by atoms with Crippen molar-refractivity contribution < 1.29 is 4.74 Å². The first-order chi connectivity index (χ1) is 8.63. The van der Waals surface area contributed by atoms with E-state index in [1.54, 1.807) is 0 Å². The fourth-order valence-corrected chi connectivity index (χ4v) is 2.16. The Hall–Kier alpha value is -1.63. The van der Waals surface area contributed by atoms with E-state index in [9.17, 15) is 0 Å². The van der Waals surface area contributed by atoms with Gasteiger partial charge >= 0.3 is 6.01 Å². The number of nitrogens with one attached hydrogen (secondary N) is 1. The lowest BCUT2D eigenvalue weighted by atomic mass is 9.95. The molecule has 2 heterocycles. The summed E-state index contributed by atoms with van der Waals surface area (Å²) in [5, 5.41) is 0. The molecular formula is C11H20N6O. The average Bonchev–Trinajstić information content (AvgIpc) is 2.87. The summed E-state index contributed by atoms with van der Waals surface area (Å²) in [5.41, 5.74) is 2.43. The minimum Gasteiger partial charge on any atom is -0.467 e. The van der Waals surface area contributed by atoms with Crippen molar-refractivity contribution in [1.29, 1.82) is 0 Å². The zero-order valence-electron chi connectivity index (χ0n) is 11.1. The summed E-state index contributed by atoms with van der Waals surface area (Å²) >= 11 is 0. The van der Waals surface area contributed by atoms with Crippen molar-refractivity contribution in [3.8, 4) is 6.01 Å². The van der Waals surface area contributed by atoms with Gasteiger partial charge in [-0.1, -0.05) is 13.8 Å². The van der Waals surface area contributed by atoms with Gasteiger partial charge in [0.25, 0.3) is 0 Å². The highest BCUT2D eigenvalue weighted by Gasteiger charge is 2.27. The summed E-state index contributed by atoms with van der Waals surface area (Å²) in [6.07, 6.45) is 1.16. The highest BCUT2D eigenvalue weighted by atomic mass is 16.5. The zero-order chi connectivity index (χ0) is 13.1. The van der Waals surface area contributed by atoms with Crippen molar-refractivity contribution in [1.82, 2.24) is 15.0 Å². The first kappa shape index (κ1) is 12.8. The Labute approximate surface area is 107 Å². The Kier molecular flexibility index (Phi) is 3.81. The summed E-state index contributed by atoms with van der Waals surface area (Å²) in [4.78, 5) is 14.7. The molecule has 0 aliphatic carbocycles. The molecule has 7 heteroatoms. The number of ether oxygens (including phenoxy) is 1. The van der Waals surface area contributed by atoms with Crippen LogP contribution < -0.4 is 20.9 Å². The molecule has 1 aliphatic rings. The zero-order valence-corrected chi connectivity index (χ0v) is 11.1. The van der Waals surface area contributed by atoms with Gasteiger partial charge in [0, 0.05) is 13.1 Å². The van der Waals surface area contributed by atoms with Gasteiger partial charge in [-0.05, 0) is 18.3 Å². The molecule has 1 aromatic heterocycles. The molecule has 1 aromatic rings. The van der Waals surface area contributed by atoms with E-state index >= 15 is 0 Å². The molecule has 1 saturated heterocycles. The van der Waals surface area contributed by atoms with Crippen LogP contribution in [-0.4, -0.2) is 35.2 Å². The maximum atomic E-state index is 5.34. The molecule has 18 heavy (non-hydrogen) atoms. The Morgan fingerprint density at radius 3 is 2.72 bits per heavy atom. The van der Waals surface area contributed by atoms with Gasteiger partial charge in [0.05, 0.1) is 7.11 Å². The van der Waals surface area contributed by atoms with Crippen molar-refractivity contribution in [3.05, 3.63) is 0 Å². The van der Waals surface area contributed by atoms with Crippen molar-refractivity contribution in [3.63, 3.8) is 0 Å². The van der Waals surface area contributed by atoms with Crippen molar-refractivity contribution in [2.45, 2.75) is 20.3 Å². The highest BCUT2D eigenvalue weighted by molar-refractivity contribution is 5.38. The van der Waals surface area contributed by atoms with E-state index in [0.717, 1.165) is 19.5 Å².